The van der Waals surface area contributed by atoms with Crippen molar-refractivity contribution in [2.75, 3.05) is 26.4 Å². The van der Waals surface area contributed by atoms with Gasteiger partial charge in [-0.05, 0) is 17.7 Å². The topological polar surface area (TPSA) is 32.7 Å². The van der Waals surface area contributed by atoms with Gasteiger partial charge in [0, 0.05) is 19.2 Å². The standard InChI is InChI=1S/C12H15F2NO2/c13-10-3-9(4-11(14)5-10)6-15-1-2-17-8-12(15)7-16/h3-5,12,16H,1-2,6-8H2. The Labute approximate surface area is 98.6 Å². The molecule has 0 aliphatic carbocycles. The van der Waals surface area contributed by atoms with E-state index >= 15 is 0 Å². The van der Waals surface area contributed by atoms with Crippen LogP contribution in [0.15, 0.2) is 18.2 Å². The van der Waals surface area contributed by atoms with Gasteiger partial charge in [-0.15, -0.1) is 0 Å². The molecule has 1 atom stereocenters. The van der Waals surface area contributed by atoms with Gasteiger partial charge in [0.05, 0.1) is 25.9 Å². The lowest BCUT2D eigenvalue weighted by molar-refractivity contribution is -0.0313. The number of nitrogens with zero attached hydrogens (tertiary/aromatic N) is 1. The molecule has 17 heavy (non-hydrogen) atoms. The Morgan fingerprint density at radius 2 is 2.00 bits per heavy atom. The van der Waals surface area contributed by atoms with E-state index in [4.69, 9.17) is 4.74 Å². The van der Waals surface area contributed by atoms with Crippen molar-refractivity contribution < 1.29 is 18.6 Å². The zero-order valence-electron chi connectivity index (χ0n) is 9.40. The van der Waals surface area contributed by atoms with Gasteiger partial charge < -0.3 is 9.84 Å². The highest BCUT2D eigenvalue weighted by atomic mass is 19.1. The van der Waals surface area contributed by atoms with Crippen molar-refractivity contribution in [2.45, 2.75) is 12.6 Å². The zero-order chi connectivity index (χ0) is 12.3. The molecule has 94 valence electrons. The van der Waals surface area contributed by atoms with E-state index in [1.165, 1.54) is 12.1 Å². The normalized spacial score (nSPS) is 21.7. The van der Waals surface area contributed by atoms with E-state index in [1.807, 2.05) is 4.90 Å². The first-order valence-corrected chi connectivity index (χ1v) is 5.56. The van der Waals surface area contributed by atoms with Crippen molar-refractivity contribution in [1.29, 1.82) is 0 Å². The molecule has 0 aromatic heterocycles. The molecule has 0 radical (unpaired) electrons. The highest BCUT2D eigenvalue weighted by Crippen LogP contribution is 2.14. The third-order valence-electron chi connectivity index (χ3n) is 2.87. The summed E-state index contributed by atoms with van der Waals surface area (Å²) in [6.45, 7) is 2.09. The van der Waals surface area contributed by atoms with E-state index in [2.05, 4.69) is 0 Å². The van der Waals surface area contributed by atoms with Gasteiger partial charge >= 0.3 is 0 Å². The van der Waals surface area contributed by atoms with Gasteiger partial charge in [0.1, 0.15) is 11.6 Å². The Hall–Kier alpha value is -1.04. The highest BCUT2D eigenvalue weighted by Gasteiger charge is 2.22. The summed E-state index contributed by atoms with van der Waals surface area (Å²) in [5.74, 6) is -1.15. The molecule has 0 spiro atoms. The SMILES string of the molecule is OCC1COCCN1Cc1cc(F)cc(F)c1. The zero-order valence-corrected chi connectivity index (χ0v) is 9.40. The molecule has 3 nitrogen and oxygen atoms in total. The van der Waals surface area contributed by atoms with Crippen LogP contribution in [0.5, 0.6) is 0 Å². The lowest BCUT2D eigenvalue weighted by atomic mass is 10.1. The van der Waals surface area contributed by atoms with Crippen molar-refractivity contribution in [3.8, 4) is 0 Å². The van der Waals surface area contributed by atoms with Crippen molar-refractivity contribution in [2.24, 2.45) is 0 Å². The number of aliphatic hydroxyl groups is 1. The Morgan fingerprint density at radius 3 is 2.65 bits per heavy atom. The van der Waals surface area contributed by atoms with Crippen LogP contribution in [-0.4, -0.2) is 42.4 Å². The van der Waals surface area contributed by atoms with E-state index in [-0.39, 0.29) is 12.6 Å². The van der Waals surface area contributed by atoms with Gasteiger partial charge in [0.2, 0.25) is 0 Å². The molecule has 0 amide bonds. The molecule has 0 saturated carbocycles. The second-order valence-corrected chi connectivity index (χ2v) is 4.16. The van der Waals surface area contributed by atoms with Crippen LogP contribution in [0.25, 0.3) is 0 Å². The van der Waals surface area contributed by atoms with Gasteiger partial charge in [0.25, 0.3) is 0 Å². The largest absolute Gasteiger partial charge is 0.395 e. The van der Waals surface area contributed by atoms with Gasteiger partial charge in [-0.1, -0.05) is 0 Å². The molecule has 5 heteroatoms. The third-order valence-corrected chi connectivity index (χ3v) is 2.87. The molecule has 1 fully saturated rings. The summed E-state index contributed by atoms with van der Waals surface area (Å²) >= 11 is 0. The van der Waals surface area contributed by atoms with E-state index in [0.29, 0.717) is 31.9 Å². The predicted molar refractivity (Wildman–Crippen MR) is 58.5 cm³/mol. The van der Waals surface area contributed by atoms with Crippen LogP contribution in [-0.2, 0) is 11.3 Å². The van der Waals surface area contributed by atoms with Crippen LogP contribution in [0.3, 0.4) is 0 Å². The first kappa shape index (κ1) is 12.4. The van der Waals surface area contributed by atoms with Gasteiger partial charge in [-0.3, -0.25) is 4.90 Å². The van der Waals surface area contributed by atoms with E-state index in [0.717, 1.165) is 6.07 Å². The summed E-state index contributed by atoms with van der Waals surface area (Å²) in [6, 6.07) is 3.38. The van der Waals surface area contributed by atoms with Crippen LogP contribution in [0, 0.1) is 11.6 Å². The van der Waals surface area contributed by atoms with Gasteiger partial charge in [-0.2, -0.15) is 0 Å². The molecular weight excluding hydrogens is 228 g/mol. The minimum Gasteiger partial charge on any atom is -0.395 e. The average molecular weight is 243 g/mol. The fraction of sp³-hybridized carbons (Fsp3) is 0.500. The maximum atomic E-state index is 13.0. The summed E-state index contributed by atoms with van der Waals surface area (Å²) < 4.78 is 31.3. The Balaban J connectivity index is 2.08. The molecule has 1 aliphatic rings. The van der Waals surface area contributed by atoms with Gasteiger partial charge in [0.15, 0.2) is 0 Å². The Morgan fingerprint density at radius 1 is 1.29 bits per heavy atom. The minimum atomic E-state index is -0.575. The highest BCUT2D eigenvalue weighted by molar-refractivity contribution is 5.18. The fourth-order valence-corrected chi connectivity index (χ4v) is 2.00. The van der Waals surface area contributed by atoms with Crippen LogP contribution in [0.1, 0.15) is 5.56 Å². The molecule has 1 aromatic carbocycles. The molecule has 1 aromatic rings. The number of hydrogen-bond acceptors (Lipinski definition) is 3. The number of rotatable bonds is 3. The summed E-state index contributed by atoms with van der Waals surface area (Å²) in [5.41, 5.74) is 0.572. The summed E-state index contributed by atoms with van der Waals surface area (Å²) in [5, 5.41) is 9.18. The van der Waals surface area contributed by atoms with Crippen LogP contribution in [0.4, 0.5) is 8.78 Å². The van der Waals surface area contributed by atoms with Crippen LogP contribution in [0.2, 0.25) is 0 Å². The lowest BCUT2D eigenvalue weighted by Gasteiger charge is -2.34. The second kappa shape index (κ2) is 5.53. The first-order chi connectivity index (χ1) is 8.19. The maximum Gasteiger partial charge on any atom is 0.126 e. The molecule has 0 bridgehead atoms. The smallest absolute Gasteiger partial charge is 0.126 e. The van der Waals surface area contributed by atoms with Crippen molar-refractivity contribution in [3.05, 3.63) is 35.4 Å². The predicted octanol–water partition coefficient (Wildman–Crippen LogP) is 1.16. The second-order valence-electron chi connectivity index (χ2n) is 4.16. The van der Waals surface area contributed by atoms with Crippen molar-refractivity contribution >= 4 is 0 Å². The summed E-state index contributed by atoms with van der Waals surface area (Å²) in [7, 11) is 0. The molecule has 1 saturated heterocycles. The molecule has 1 aliphatic heterocycles. The summed E-state index contributed by atoms with van der Waals surface area (Å²) in [4.78, 5) is 1.97. The molecular formula is C12H15F2NO2. The molecule has 1 unspecified atom stereocenters. The average Bonchev–Trinajstić information content (AvgIpc) is 2.28. The Bertz CT molecular complexity index is 367. The van der Waals surface area contributed by atoms with Crippen LogP contribution >= 0.6 is 0 Å². The minimum absolute atomic E-state index is 0.0161. The fourth-order valence-electron chi connectivity index (χ4n) is 2.00. The lowest BCUT2D eigenvalue weighted by Crippen LogP contribution is -2.46. The monoisotopic (exact) mass is 243 g/mol. The third kappa shape index (κ3) is 3.21. The number of halogens is 2. The first-order valence-electron chi connectivity index (χ1n) is 5.56. The number of aliphatic hydroxyl groups excluding tert-OH is 1. The number of hydrogen-bond donors (Lipinski definition) is 1. The van der Waals surface area contributed by atoms with Crippen LogP contribution < -0.4 is 0 Å². The number of morpholine rings is 1. The molecule has 1 heterocycles. The van der Waals surface area contributed by atoms with Crippen molar-refractivity contribution in [3.63, 3.8) is 0 Å². The van der Waals surface area contributed by atoms with E-state index < -0.39 is 11.6 Å². The van der Waals surface area contributed by atoms with E-state index in [9.17, 15) is 13.9 Å². The maximum absolute atomic E-state index is 13.0. The Kier molecular flexibility index (Phi) is 4.04. The molecule has 1 N–H and O–H groups in total. The summed E-state index contributed by atoms with van der Waals surface area (Å²) in [6.07, 6.45) is 0. The number of benzene rings is 1. The van der Waals surface area contributed by atoms with Gasteiger partial charge in [-0.25, -0.2) is 8.78 Å². The quantitative estimate of drug-likeness (QED) is 0.864. The molecule has 2 rings (SSSR count). The van der Waals surface area contributed by atoms with Crippen molar-refractivity contribution in [1.82, 2.24) is 4.90 Å². The van der Waals surface area contributed by atoms with E-state index in [1.54, 1.807) is 0 Å². The number of ether oxygens (including phenoxy) is 1.